The van der Waals surface area contributed by atoms with Crippen LogP contribution < -0.4 is 0 Å². The van der Waals surface area contributed by atoms with Gasteiger partial charge in [-0.15, -0.1) is 0 Å². The SMILES string of the molecule is CC[Si](CC)(CC)OS(=O)(=O)C(C)(C)C. The Morgan fingerprint density at radius 2 is 1.33 bits per heavy atom. The van der Waals surface area contributed by atoms with Crippen LogP contribution in [0, 0.1) is 0 Å². The summed E-state index contributed by atoms with van der Waals surface area (Å²) in [6.45, 7) is 11.1. The summed E-state index contributed by atoms with van der Waals surface area (Å²) >= 11 is 0. The minimum atomic E-state index is -3.43. The first-order valence-corrected chi connectivity index (χ1v) is 9.53. The van der Waals surface area contributed by atoms with E-state index in [1.165, 1.54) is 0 Å². The second-order valence-corrected chi connectivity index (χ2v) is 12.2. The van der Waals surface area contributed by atoms with E-state index >= 15 is 0 Å². The Bertz CT molecular complexity index is 278. The first-order valence-electron chi connectivity index (χ1n) is 5.59. The van der Waals surface area contributed by atoms with Gasteiger partial charge in [-0.3, -0.25) is 0 Å². The molecule has 0 aromatic heterocycles. The molecular formula is C10H24O3SSi. The first kappa shape index (κ1) is 15.1. The van der Waals surface area contributed by atoms with Crippen LogP contribution in [0.2, 0.25) is 18.1 Å². The molecular weight excluding hydrogens is 228 g/mol. The topological polar surface area (TPSA) is 43.4 Å². The van der Waals surface area contributed by atoms with Gasteiger partial charge in [0.1, 0.15) is 0 Å². The van der Waals surface area contributed by atoms with Crippen molar-refractivity contribution in [2.24, 2.45) is 0 Å². The van der Waals surface area contributed by atoms with E-state index < -0.39 is 23.2 Å². The van der Waals surface area contributed by atoms with Crippen molar-refractivity contribution < 1.29 is 12.3 Å². The Morgan fingerprint density at radius 1 is 1.00 bits per heavy atom. The average molecular weight is 252 g/mol. The molecule has 0 fully saturated rings. The molecule has 0 aliphatic rings. The van der Waals surface area contributed by atoms with Gasteiger partial charge >= 0.3 is 0 Å². The fourth-order valence-electron chi connectivity index (χ4n) is 1.28. The molecule has 0 unspecified atom stereocenters. The summed E-state index contributed by atoms with van der Waals surface area (Å²) < 4.78 is 28.6. The zero-order valence-corrected chi connectivity index (χ0v) is 12.6. The summed E-state index contributed by atoms with van der Waals surface area (Å²) in [7, 11) is -5.48. The van der Waals surface area contributed by atoms with Crippen LogP contribution in [0.5, 0.6) is 0 Å². The summed E-state index contributed by atoms with van der Waals surface area (Å²) in [5.41, 5.74) is 0. The van der Waals surface area contributed by atoms with E-state index in [4.69, 9.17) is 3.87 Å². The number of hydrogen-bond acceptors (Lipinski definition) is 3. The summed E-state index contributed by atoms with van der Waals surface area (Å²) in [6.07, 6.45) is 0. The lowest BCUT2D eigenvalue weighted by Crippen LogP contribution is -2.43. The fraction of sp³-hybridized carbons (Fsp3) is 1.00. The highest BCUT2D eigenvalue weighted by molar-refractivity contribution is 7.89. The van der Waals surface area contributed by atoms with Crippen LogP contribution in [0.15, 0.2) is 0 Å². The van der Waals surface area contributed by atoms with E-state index in [2.05, 4.69) is 0 Å². The number of rotatable bonds is 5. The number of hydrogen-bond donors (Lipinski definition) is 0. The van der Waals surface area contributed by atoms with Gasteiger partial charge in [-0.05, 0) is 38.9 Å². The molecule has 0 aliphatic carbocycles. The van der Waals surface area contributed by atoms with Gasteiger partial charge < -0.3 is 3.87 Å². The van der Waals surface area contributed by atoms with E-state index in [1.807, 2.05) is 20.8 Å². The van der Waals surface area contributed by atoms with Crippen molar-refractivity contribution in [3.8, 4) is 0 Å². The summed E-state index contributed by atoms with van der Waals surface area (Å²) in [5.74, 6) is 0. The zero-order chi connectivity index (χ0) is 12.3. The van der Waals surface area contributed by atoms with E-state index in [0.29, 0.717) is 0 Å². The van der Waals surface area contributed by atoms with Crippen LogP contribution in [-0.2, 0) is 14.0 Å². The van der Waals surface area contributed by atoms with Crippen molar-refractivity contribution in [2.45, 2.75) is 64.4 Å². The monoisotopic (exact) mass is 252 g/mol. The van der Waals surface area contributed by atoms with Crippen molar-refractivity contribution in [3.63, 3.8) is 0 Å². The molecule has 0 spiro atoms. The largest absolute Gasteiger partial charge is 0.314 e. The van der Waals surface area contributed by atoms with Crippen LogP contribution in [0.3, 0.4) is 0 Å². The maximum Gasteiger partial charge on any atom is 0.262 e. The van der Waals surface area contributed by atoms with Crippen LogP contribution in [0.1, 0.15) is 41.5 Å². The zero-order valence-electron chi connectivity index (χ0n) is 10.8. The Hall–Kier alpha value is 0.127. The Kier molecular flexibility index (Phi) is 5.01. The predicted octanol–water partition coefficient (Wildman–Crippen LogP) is 3.14. The molecule has 0 aliphatic heterocycles. The van der Waals surface area contributed by atoms with Gasteiger partial charge in [-0.25, -0.2) is 0 Å². The molecule has 0 heterocycles. The lowest BCUT2D eigenvalue weighted by atomic mass is 10.3. The second-order valence-electron chi connectivity index (χ2n) is 4.89. The minimum Gasteiger partial charge on any atom is -0.314 e. The smallest absolute Gasteiger partial charge is 0.262 e. The predicted molar refractivity (Wildman–Crippen MR) is 67.0 cm³/mol. The molecule has 0 amide bonds. The Morgan fingerprint density at radius 3 is 1.53 bits per heavy atom. The van der Waals surface area contributed by atoms with Gasteiger partial charge in [0.05, 0.1) is 4.75 Å². The van der Waals surface area contributed by atoms with Gasteiger partial charge in [0.15, 0.2) is 0 Å². The molecule has 0 bridgehead atoms. The van der Waals surface area contributed by atoms with Crippen molar-refractivity contribution in [1.82, 2.24) is 0 Å². The standard InChI is InChI=1S/C10H24O3SSi/c1-7-15(8-2,9-3)13-14(11,12)10(4,5)6/h7-9H2,1-6H3. The highest BCUT2D eigenvalue weighted by Crippen LogP contribution is 2.28. The maximum absolute atomic E-state index is 12.0. The molecule has 0 N–H and O–H groups in total. The summed E-state index contributed by atoms with van der Waals surface area (Å²) in [4.78, 5) is 0. The molecule has 0 aromatic rings. The Balaban J connectivity index is 5.00. The lowest BCUT2D eigenvalue weighted by molar-refractivity contribution is 0.444. The van der Waals surface area contributed by atoms with Crippen LogP contribution >= 0.6 is 0 Å². The molecule has 3 nitrogen and oxygen atoms in total. The highest BCUT2D eigenvalue weighted by atomic mass is 32.2. The van der Waals surface area contributed by atoms with E-state index in [1.54, 1.807) is 20.8 Å². The molecule has 5 heteroatoms. The highest BCUT2D eigenvalue weighted by Gasteiger charge is 2.40. The van der Waals surface area contributed by atoms with Gasteiger partial charge in [0.2, 0.25) is 8.32 Å². The molecule has 0 saturated carbocycles. The van der Waals surface area contributed by atoms with Crippen LogP contribution in [0.4, 0.5) is 0 Å². The van der Waals surface area contributed by atoms with Crippen molar-refractivity contribution in [1.29, 1.82) is 0 Å². The van der Waals surface area contributed by atoms with Crippen molar-refractivity contribution >= 4 is 18.4 Å². The minimum absolute atomic E-state index is 0.815. The first-order chi connectivity index (χ1) is 6.64. The molecule has 0 radical (unpaired) electrons. The second kappa shape index (κ2) is 4.97. The quantitative estimate of drug-likeness (QED) is 0.706. The third kappa shape index (κ3) is 3.57. The maximum atomic E-state index is 12.0. The third-order valence-electron chi connectivity index (χ3n) is 2.97. The average Bonchev–Trinajstić information content (AvgIpc) is 2.12. The van der Waals surface area contributed by atoms with Gasteiger partial charge in [-0.1, -0.05) is 20.8 Å². The van der Waals surface area contributed by atoms with E-state index in [-0.39, 0.29) is 0 Å². The van der Waals surface area contributed by atoms with Crippen LogP contribution in [0.25, 0.3) is 0 Å². The molecule has 0 aromatic carbocycles. The molecule has 15 heavy (non-hydrogen) atoms. The molecule has 92 valence electrons. The van der Waals surface area contributed by atoms with Crippen molar-refractivity contribution in [2.75, 3.05) is 0 Å². The summed E-state index contributed by atoms with van der Waals surface area (Å²) in [5, 5.41) is 0. The van der Waals surface area contributed by atoms with E-state index in [0.717, 1.165) is 18.1 Å². The van der Waals surface area contributed by atoms with Gasteiger partial charge in [0.25, 0.3) is 10.1 Å². The molecule has 0 rings (SSSR count). The van der Waals surface area contributed by atoms with Crippen LogP contribution in [-0.4, -0.2) is 21.5 Å². The molecule has 0 atom stereocenters. The van der Waals surface area contributed by atoms with Gasteiger partial charge in [0, 0.05) is 0 Å². The third-order valence-corrected chi connectivity index (χ3v) is 10.6. The summed E-state index contributed by atoms with van der Waals surface area (Å²) in [6, 6.07) is 2.57. The fourth-order valence-corrected chi connectivity index (χ4v) is 7.06. The Labute approximate surface area is 95.5 Å². The van der Waals surface area contributed by atoms with Gasteiger partial charge in [-0.2, -0.15) is 8.42 Å². The molecule has 0 saturated heterocycles. The van der Waals surface area contributed by atoms with Crippen molar-refractivity contribution in [3.05, 3.63) is 0 Å². The lowest BCUT2D eigenvalue weighted by Gasteiger charge is -2.31. The normalized spacial score (nSPS) is 14.3. The van der Waals surface area contributed by atoms with E-state index in [9.17, 15) is 8.42 Å².